The van der Waals surface area contributed by atoms with Crippen LogP contribution in [0.4, 0.5) is 5.13 Å². The van der Waals surface area contributed by atoms with Crippen molar-refractivity contribution in [2.24, 2.45) is 0 Å². The second-order valence-electron chi connectivity index (χ2n) is 4.74. The Morgan fingerprint density at radius 2 is 2.00 bits per heavy atom. The summed E-state index contributed by atoms with van der Waals surface area (Å²) in [7, 11) is 4.25. The Hall–Kier alpha value is -0.650. The number of thiazole rings is 1. The van der Waals surface area contributed by atoms with E-state index in [0.29, 0.717) is 0 Å². The zero-order chi connectivity index (χ0) is 13.4. The van der Waals surface area contributed by atoms with Crippen molar-refractivity contribution in [1.29, 1.82) is 0 Å². The third-order valence-corrected chi connectivity index (χ3v) is 3.60. The zero-order valence-corrected chi connectivity index (χ0v) is 12.9. The lowest BCUT2D eigenvalue weighted by Gasteiger charge is -2.22. The van der Waals surface area contributed by atoms with Gasteiger partial charge in [0, 0.05) is 37.3 Å². The van der Waals surface area contributed by atoms with Gasteiger partial charge in [-0.15, -0.1) is 11.3 Å². The topological polar surface area (TPSA) is 31.4 Å². The molecule has 5 heteroatoms. The van der Waals surface area contributed by atoms with Crippen LogP contribution in [0.25, 0.3) is 0 Å². The molecule has 0 spiro atoms. The van der Waals surface area contributed by atoms with E-state index in [-0.39, 0.29) is 0 Å². The van der Waals surface area contributed by atoms with Gasteiger partial charge >= 0.3 is 0 Å². The number of nitrogens with zero attached hydrogens (tertiary/aromatic N) is 3. The maximum Gasteiger partial charge on any atom is 0.182 e. The van der Waals surface area contributed by atoms with Crippen LogP contribution in [0.15, 0.2) is 6.20 Å². The number of aromatic nitrogens is 1. The highest BCUT2D eigenvalue weighted by Crippen LogP contribution is 2.19. The average Bonchev–Trinajstić information content (AvgIpc) is 2.74. The molecule has 0 atom stereocenters. The molecule has 1 aromatic heterocycles. The van der Waals surface area contributed by atoms with Gasteiger partial charge in [0.25, 0.3) is 0 Å². The highest BCUT2D eigenvalue weighted by atomic mass is 32.1. The van der Waals surface area contributed by atoms with Gasteiger partial charge < -0.3 is 10.2 Å². The van der Waals surface area contributed by atoms with Crippen LogP contribution in [0.2, 0.25) is 0 Å². The minimum Gasteiger partial charge on any atom is -0.362 e. The molecular formula is C13H26N4S. The van der Waals surface area contributed by atoms with Crippen LogP contribution in [-0.4, -0.2) is 55.1 Å². The first-order valence-corrected chi connectivity index (χ1v) is 7.53. The molecule has 4 nitrogen and oxygen atoms in total. The Labute approximate surface area is 115 Å². The number of rotatable bonds is 9. The summed E-state index contributed by atoms with van der Waals surface area (Å²) in [6.45, 7) is 9.67. The molecule has 0 saturated carbocycles. The Balaban J connectivity index is 2.47. The molecule has 0 amide bonds. The molecule has 0 fully saturated rings. The highest BCUT2D eigenvalue weighted by Gasteiger charge is 2.08. The van der Waals surface area contributed by atoms with Gasteiger partial charge in [0.1, 0.15) is 0 Å². The Kier molecular flexibility index (Phi) is 7.23. The monoisotopic (exact) mass is 270 g/mol. The van der Waals surface area contributed by atoms with E-state index < -0.39 is 0 Å². The Morgan fingerprint density at radius 3 is 2.61 bits per heavy atom. The molecule has 0 aliphatic heterocycles. The number of hydrogen-bond acceptors (Lipinski definition) is 5. The van der Waals surface area contributed by atoms with Crippen LogP contribution >= 0.6 is 11.3 Å². The van der Waals surface area contributed by atoms with Crippen molar-refractivity contribution in [2.75, 3.05) is 45.6 Å². The van der Waals surface area contributed by atoms with Crippen molar-refractivity contribution in [2.45, 2.75) is 26.8 Å². The summed E-state index contributed by atoms with van der Waals surface area (Å²) in [5.41, 5.74) is 0. The third kappa shape index (κ3) is 5.80. The molecule has 1 rings (SSSR count). The van der Waals surface area contributed by atoms with Crippen LogP contribution < -0.4 is 5.32 Å². The molecule has 0 aliphatic rings. The Morgan fingerprint density at radius 1 is 1.22 bits per heavy atom. The molecule has 104 valence electrons. The largest absolute Gasteiger partial charge is 0.362 e. The van der Waals surface area contributed by atoms with Crippen molar-refractivity contribution in [1.82, 2.24) is 14.8 Å². The lowest BCUT2D eigenvalue weighted by molar-refractivity contribution is 0.235. The number of nitrogens with one attached hydrogen (secondary N) is 1. The van der Waals surface area contributed by atoms with Gasteiger partial charge in [0.15, 0.2) is 5.13 Å². The summed E-state index contributed by atoms with van der Waals surface area (Å²) in [6.07, 6.45) is 3.20. The summed E-state index contributed by atoms with van der Waals surface area (Å²) in [5.74, 6) is 0. The van der Waals surface area contributed by atoms with E-state index in [4.69, 9.17) is 0 Å². The lowest BCUT2D eigenvalue weighted by Crippen LogP contribution is -2.31. The molecule has 0 radical (unpaired) electrons. The smallest absolute Gasteiger partial charge is 0.182 e. The molecular weight excluding hydrogens is 244 g/mol. The molecule has 0 aliphatic carbocycles. The highest BCUT2D eigenvalue weighted by molar-refractivity contribution is 7.15. The quantitative estimate of drug-likeness (QED) is 0.746. The second kappa shape index (κ2) is 8.45. The van der Waals surface area contributed by atoms with E-state index in [0.717, 1.165) is 37.9 Å². The van der Waals surface area contributed by atoms with E-state index in [1.807, 2.05) is 6.20 Å². The molecule has 0 saturated heterocycles. The predicted molar refractivity (Wildman–Crippen MR) is 80.4 cm³/mol. The first kappa shape index (κ1) is 15.4. The molecule has 1 aromatic rings. The molecule has 0 aromatic carbocycles. The number of hydrogen-bond donors (Lipinski definition) is 1. The fraction of sp³-hybridized carbons (Fsp3) is 0.769. The minimum atomic E-state index is 0.937. The molecule has 0 bridgehead atoms. The van der Waals surface area contributed by atoms with Crippen LogP contribution in [0.3, 0.4) is 0 Å². The number of likely N-dealkylation sites (N-methyl/N-ethyl adjacent to an activating group) is 1. The first-order valence-electron chi connectivity index (χ1n) is 6.71. The summed E-state index contributed by atoms with van der Waals surface area (Å²) in [5, 5.41) is 4.30. The van der Waals surface area contributed by atoms with Gasteiger partial charge in [-0.25, -0.2) is 4.98 Å². The molecule has 1 N–H and O–H groups in total. The van der Waals surface area contributed by atoms with Gasteiger partial charge in [-0.1, -0.05) is 6.92 Å². The van der Waals surface area contributed by atoms with Crippen molar-refractivity contribution in [3.63, 3.8) is 0 Å². The van der Waals surface area contributed by atoms with Gasteiger partial charge in [-0.3, -0.25) is 4.90 Å². The zero-order valence-electron chi connectivity index (χ0n) is 12.1. The third-order valence-electron chi connectivity index (χ3n) is 2.66. The fourth-order valence-corrected chi connectivity index (χ4v) is 2.68. The lowest BCUT2D eigenvalue weighted by atomic mass is 10.3. The first-order chi connectivity index (χ1) is 8.65. The maximum absolute atomic E-state index is 4.38. The predicted octanol–water partition coefficient (Wildman–Crippen LogP) is 2.35. The fourth-order valence-electron chi connectivity index (χ4n) is 1.76. The SMILES string of the molecule is CCCN(CCN(C)C)Cc1cnc(NCC)s1. The van der Waals surface area contributed by atoms with Crippen LogP contribution in [0.5, 0.6) is 0 Å². The second-order valence-corrected chi connectivity index (χ2v) is 5.86. The van der Waals surface area contributed by atoms with E-state index in [1.165, 1.54) is 11.3 Å². The van der Waals surface area contributed by atoms with Crippen molar-refractivity contribution >= 4 is 16.5 Å². The summed E-state index contributed by atoms with van der Waals surface area (Å²) in [4.78, 5) is 10.5. The standard InChI is InChI=1S/C13H26N4S/c1-5-7-17(9-8-16(3)4)11-12-10-15-13(18-12)14-6-2/h10H,5-9,11H2,1-4H3,(H,14,15). The summed E-state index contributed by atoms with van der Waals surface area (Å²) in [6, 6.07) is 0. The van der Waals surface area contributed by atoms with Gasteiger partial charge in [0.05, 0.1) is 0 Å². The normalized spacial score (nSPS) is 11.4. The summed E-state index contributed by atoms with van der Waals surface area (Å²) < 4.78 is 0. The molecule has 1 heterocycles. The van der Waals surface area contributed by atoms with Gasteiger partial charge in [-0.05, 0) is 34.0 Å². The van der Waals surface area contributed by atoms with Crippen LogP contribution in [0, 0.1) is 0 Å². The maximum atomic E-state index is 4.38. The number of anilines is 1. The Bertz CT molecular complexity index is 325. The molecule has 18 heavy (non-hydrogen) atoms. The van der Waals surface area contributed by atoms with E-state index in [9.17, 15) is 0 Å². The van der Waals surface area contributed by atoms with Gasteiger partial charge in [0.2, 0.25) is 0 Å². The summed E-state index contributed by atoms with van der Waals surface area (Å²) >= 11 is 1.77. The van der Waals surface area contributed by atoms with Crippen LogP contribution in [0.1, 0.15) is 25.1 Å². The van der Waals surface area contributed by atoms with Crippen molar-refractivity contribution < 1.29 is 0 Å². The minimum absolute atomic E-state index is 0.937. The molecule has 0 unspecified atom stereocenters. The van der Waals surface area contributed by atoms with Gasteiger partial charge in [-0.2, -0.15) is 0 Å². The van der Waals surface area contributed by atoms with E-state index >= 15 is 0 Å². The van der Waals surface area contributed by atoms with Crippen molar-refractivity contribution in [3.05, 3.63) is 11.1 Å². The van der Waals surface area contributed by atoms with Crippen molar-refractivity contribution in [3.8, 4) is 0 Å². The van der Waals surface area contributed by atoms with E-state index in [1.54, 1.807) is 11.3 Å². The van der Waals surface area contributed by atoms with E-state index in [2.05, 4.69) is 48.0 Å². The van der Waals surface area contributed by atoms with Crippen LogP contribution in [-0.2, 0) is 6.54 Å². The average molecular weight is 270 g/mol.